The number of esters is 1. The maximum Gasteiger partial charge on any atom is 0.326 e. The highest BCUT2D eigenvalue weighted by molar-refractivity contribution is 7.18. The van der Waals surface area contributed by atoms with Gasteiger partial charge in [-0.25, -0.2) is 4.98 Å². The molecule has 2 heterocycles. The molecule has 152 valence electrons. The Bertz CT molecular complexity index is 1090. The summed E-state index contributed by atoms with van der Waals surface area (Å²) in [5.41, 5.74) is 1.70. The second-order valence-electron chi connectivity index (χ2n) is 6.80. The van der Waals surface area contributed by atoms with Crippen LogP contribution in [0.3, 0.4) is 0 Å². The molecule has 0 spiro atoms. The smallest absolute Gasteiger partial charge is 0.326 e. The van der Waals surface area contributed by atoms with E-state index in [2.05, 4.69) is 10.3 Å². The maximum atomic E-state index is 12.6. The molecule has 1 amide bonds. The maximum absolute atomic E-state index is 12.6. The number of amides is 1. The van der Waals surface area contributed by atoms with Crippen LogP contribution in [-0.4, -0.2) is 34.1 Å². The second kappa shape index (κ2) is 9.00. The third-order valence-corrected chi connectivity index (χ3v) is 5.80. The van der Waals surface area contributed by atoms with Gasteiger partial charge in [0.25, 0.3) is 11.5 Å². The lowest BCUT2D eigenvalue weighted by Crippen LogP contribution is -2.38. The largest absolute Gasteiger partial charge is 0.451 e. The Morgan fingerprint density at radius 1 is 1.24 bits per heavy atom. The number of aromatic nitrogens is 2. The van der Waals surface area contributed by atoms with Crippen LogP contribution in [-0.2, 0) is 27.3 Å². The average molecular weight is 413 g/mol. The fraction of sp³-hybridized carbons (Fsp3) is 0.333. The van der Waals surface area contributed by atoms with Crippen LogP contribution >= 0.6 is 11.3 Å². The van der Waals surface area contributed by atoms with E-state index in [1.54, 1.807) is 0 Å². The van der Waals surface area contributed by atoms with Gasteiger partial charge in [0.05, 0.1) is 11.7 Å². The van der Waals surface area contributed by atoms with Crippen molar-refractivity contribution in [1.82, 2.24) is 14.9 Å². The first-order valence-corrected chi connectivity index (χ1v) is 10.1. The molecule has 29 heavy (non-hydrogen) atoms. The molecule has 1 N–H and O–H groups in total. The number of nitrogens with zero attached hydrogens (tertiary/aromatic N) is 2. The van der Waals surface area contributed by atoms with E-state index in [4.69, 9.17) is 4.74 Å². The van der Waals surface area contributed by atoms with Gasteiger partial charge < -0.3 is 10.1 Å². The summed E-state index contributed by atoms with van der Waals surface area (Å²) in [6, 6.07) is 9.77. The first-order valence-electron chi connectivity index (χ1n) is 9.33. The Morgan fingerprint density at radius 3 is 2.69 bits per heavy atom. The van der Waals surface area contributed by atoms with E-state index in [1.165, 1.54) is 29.2 Å². The van der Waals surface area contributed by atoms with Crippen LogP contribution in [0.15, 0.2) is 41.5 Å². The van der Waals surface area contributed by atoms with Crippen molar-refractivity contribution in [3.8, 4) is 0 Å². The fourth-order valence-corrected chi connectivity index (χ4v) is 3.92. The fourth-order valence-electron chi connectivity index (χ4n) is 2.93. The molecule has 1 atom stereocenters. The number of ether oxygens (including phenoxy) is 1. The molecule has 3 rings (SSSR count). The molecule has 3 aromatic rings. The molecular weight excluding hydrogens is 390 g/mol. The number of fused-ring (bicyclic) bond motifs is 1. The predicted octanol–water partition coefficient (Wildman–Crippen LogP) is 2.37. The summed E-state index contributed by atoms with van der Waals surface area (Å²) in [7, 11) is 0. The van der Waals surface area contributed by atoms with Gasteiger partial charge >= 0.3 is 5.97 Å². The van der Waals surface area contributed by atoms with Crippen LogP contribution in [0, 0.1) is 13.8 Å². The highest BCUT2D eigenvalue weighted by atomic mass is 32.1. The number of rotatable bonds is 7. The van der Waals surface area contributed by atoms with Crippen molar-refractivity contribution in [3.63, 3.8) is 0 Å². The molecule has 0 saturated heterocycles. The minimum atomic E-state index is -0.948. The van der Waals surface area contributed by atoms with Crippen LogP contribution in [0.25, 0.3) is 10.2 Å². The number of hydrogen-bond donors (Lipinski definition) is 1. The summed E-state index contributed by atoms with van der Waals surface area (Å²) in [6.45, 7) is 5.45. The Hall–Kier alpha value is -3.00. The normalized spacial score (nSPS) is 12.0. The molecule has 2 aromatic heterocycles. The van der Waals surface area contributed by atoms with Gasteiger partial charge in [-0.2, -0.15) is 0 Å². The van der Waals surface area contributed by atoms with Crippen molar-refractivity contribution in [2.24, 2.45) is 0 Å². The van der Waals surface area contributed by atoms with E-state index in [0.29, 0.717) is 23.2 Å². The standard InChI is InChI=1S/C21H23N3O4S/c1-13-15(3)29-20-18(13)21(27)24(12-23-20)11-17(25)28-14(2)19(26)22-10-9-16-7-5-4-6-8-16/h4-8,12,14H,9-11H2,1-3H3,(H,22,26)/t14-/m0/s1. The molecule has 0 aliphatic heterocycles. The molecule has 0 saturated carbocycles. The third-order valence-electron chi connectivity index (χ3n) is 4.69. The number of carbonyl (C=O) groups excluding carboxylic acids is 2. The molecule has 1 aromatic carbocycles. The third kappa shape index (κ3) is 4.89. The molecule has 0 radical (unpaired) electrons. The Labute approximate surface area is 172 Å². The van der Waals surface area contributed by atoms with Gasteiger partial charge in [0, 0.05) is 11.4 Å². The Kier molecular flexibility index (Phi) is 6.43. The van der Waals surface area contributed by atoms with Crippen molar-refractivity contribution in [2.75, 3.05) is 6.54 Å². The van der Waals surface area contributed by atoms with E-state index in [1.807, 2.05) is 44.2 Å². The van der Waals surface area contributed by atoms with Crippen LogP contribution in [0.5, 0.6) is 0 Å². The Morgan fingerprint density at radius 2 is 1.97 bits per heavy atom. The van der Waals surface area contributed by atoms with E-state index < -0.39 is 12.1 Å². The van der Waals surface area contributed by atoms with Gasteiger partial charge in [0.2, 0.25) is 0 Å². The van der Waals surface area contributed by atoms with E-state index in [0.717, 1.165) is 16.0 Å². The lowest BCUT2D eigenvalue weighted by molar-refractivity contribution is -0.155. The summed E-state index contributed by atoms with van der Waals surface area (Å²) in [5.74, 6) is -1.04. The minimum absolute atomic E-state index is 0.284. The second-order valence-corrected chi connectivity index (χ2v) is 8.00. The number of carbonyl (C=O) groups is 2. The minimum Gasteiger partial charge on any atom is -0.451 e. The summed E-state index contributed by atoms with van der Waals surface area (Å²) in [4.78, 5) is 42.9. The summed E-state index contributed by atoms with van der Waals surface area (Å²) < 4.78 is 6.40. The SMILES string of the molecule is Cc1sc2ncn(CC(=O)O[C@@H](C)C(=O)NCCc3ccccc3)c(=O)c2c1C. The molecule has 8 heteroatoms. The van der Waals surface area contributed by atoms with E-state index >= 15 is 0 Å². The molecule has 0 bridgehead atoms. The molecule has 0 aliphatic rings. The van der Waals surface area contributed by atoms with Gasteiger partial charge in [0.1, 0.15) is 11.4 Å². The number of benzene rings is 1. The van der Waals surface area contributed by atoms with Crippen molar-refractivity contribution < 1.29 is 14.3 Å². The van der Waals surface area contributed by atoms with Crippen molar-refractivity contribution in [1.29, 1.82) is 0 Å². The summed E-state index contributed by atoms with van der Waals surface area (Å²) in [5, 5.41) is 3.27. The molecule has 0 unspecified atom stereocenters. The molecular formula is C21H23N3O4S. The zero-order valence-electron chi connectivity index (χ0n) is 16.6. The van der Waals surface area contributed by atoms with Crippen LogP contribution < -0.4 is 10.9 Å². The highest BCUT2D eigenvalue weighted by Crippen LogP contribution is 2.25. The molecule has 0 aliphatic carbocycles. The quantitative estimate of drug-likeness (QED) is 0.601. The lowest BCUT2D eigenvalue weighted by atomic mass is 10.1. The lowest BCUT2D eigenvalue weighted by Gasteiger charge is -2.14. The first-order chi connectivity index (χ1) is 13.9. The van der Waals surface area contributed by atoms with Crippen LogP contribution in [0.1, 0.15) is 22.9 Å². The van der Waals surface area contributed by atoms with Crippen molar-refractivity contribution in [3.05, 3.63) is 63.0 Å². The number of aryl methyl sites for hydroxylation is 2. The van der Waals surface area contributed by atoms with Crippen LogP contribution in [0.4, 0.5) is 0 Å². The van der Waals surface area contributed by atoms with Gasteiger partial charge in [0.15, 0.2) is 6.10 Å². The van der Waals surface area contributed by atoms with Crippen molar-refractivity contribution in [2.45, 2.75) is 39.8 Å². The zero-order chi connectivity index (χ0) is 21.0. The summed E-state index contributed by atoms with van der Waals surface area (Å²) in [6.07, 6.45) is 1.08. The number of thiophene rings is 1. The topological polar surface area (TPSA) is 90.3 Å². The van der Waals surface area contributed by atoms with Crippen LogP contribution in [0.2, 0.25) is 0 Å². The zero-order valence-corrected chi connectivity index (χ0v) is 17.4. The highest BCUT2D eigenvalue weighted by Gasteiger charge is 2.19. The number of nitrogens with one attached hydrogen (secondary N) is 1. The molecule has 0 fully saturated rings. The first kappa shape index (κ1) is 20.7. The summed E-state index contributed by atoms with van der Waals surface area (Å²) >= 11 is 1.45. The van der Waals surface area contributed by atoms with Gasteiger partial charge in [-0.05, 0) is 38.3 Å². The predicted molar refractivity (Wildman–Crippen MR) is 112 cm³/mol. The van der Waals surface area contributed by atoms with Gasteiger partial charge in [-0.3, -0.25) is 19.0 Å². The van der Waals surface area contributed by atoms with E-state index in [-0.39, 0.29) is 18.0 Å². The van der Waals surface area contributed by atoms with E-state index in [9.17, 15) is 14.4 Å². The van der Waals surface area contributed by atoms with Gasteiger partial charge in [-0.1, -0.05) is 30.3 Å². The van der Waals surface area contributed by atoms with Crippen molar-refractivity contribution >= 4 is 33.4 Å². The number of hydrogen-bond acceptors (Lipinski definition) is 6. The molecule has 7 nitrogen and oxygen atoms in total. The van der Waals surface area contributed by atoms with Gasteiger partial charge in [-0.15, -0.1) is 11.3 Å². The Balaban J connectivity index is 1.55. The monoisotopic (exact) mass is 413 g/mol. The average Bonchev–Trinajstić information content (AvgIpc) is 2.99.